The van der Waals surface area contributed by atoms with Crippen molar-refractivity contribution in [2.75, 3.05) is 0 Å². The Kier molecular flexibility index (Phi) is 3.48. The predicted octanol–water partition coefficient (Wildman–Crippen LogP) is -0.802. The Balaban J connectivity index is 2.73. The van der Waals surface area contributed by atoms with Crippen LogP contribution >= 0.6 is 0 Å². The molecule has 0 fully saturated rings. The molecule has 0 aliphatic heterocycles. The van der Waals surface area contributed by atoms with E-state index in [1.807, 2.05) is 0 Å². The third-order valence-corrected chi connectivity index (χ3v) is 1.52. The number of guanidine groups is 1. The van der Waals surface area contributed by atoms with Crippen LogP contribution in [0, 0.1) is 17.0 Å². The van der Waals surface area contributed by atoms with Crippen LogP contribution in [-0.4, -0.2) is 27.0 Å². The zero-order valence-corrected chi connectivity index (χ0v) is 8.54. The zero-order valence-electron chi connectivity index (χ0n) is 8.54. The van der Waals surface area contributed by atoms with Crippen LogP contribution in [0.5, 0.6) is 0 Å². The first-order chi connectivity index (χ1) is 7.50. The molecule has 0 saturated heterocycles. The van der Waals surface area contributed by atoms with Crippen LogP contribution in [0.4, 0.5) is 0 Å². The summed E-state index contributed by atoms with van der Waals surface area (Å²) < 4.78 is 4.46. The van der Waals surface area contributed by atoms with E-state index < -0.39 is 11.0 Å². The monoisotopic (exact) mass is 227 g/mol. The lowest BCUT2D eigenvalue weighted by molar-refractivity contribution is -0.485. The first-order valence-electron chi connectivity index (χ1n) is 4.09. The Labute approximate surface area is 89.3 Å². The van der Waals surface area contributed by atoms with Crippen LogP contribution in [0.25, 0.3) is 0 Å². The second-order valence-electron chi connectivity index (χ2n) is 2.73. The van der Waals surface area contributed by atoms with E-state index in [1.165, 1.54) is 0 Å². The van der Waals surface area contributed by atoms with Crippen LogP contribution < -0.4 is 11.2 Å². The van der Waals surface area contributed by atoms with Crippen molar-refractivity contribution in [3.63, 3.8) is 0 Å². The molecule has 10 heteroatoms. The minimum absolute atomic E-state index is 0.417. The van der Waals surface area contributed by atoms with Gasteiger partial charge in [-0.1, -0.05) is 5.16 Å². The number of hydrogen-bond acceptors (Lipinski definition) is 6. The predicted molar refractivity (Wildman–Crippen MR) is 53.0 cm³/mol. The highest BCUT2D eigenvalue weighted by molar-refractivity contribution is 5.98. The fourth-order valence-electron chi connectivity index (χ4n) is 0.864. The van der Waals surface area contributed by atoms with E-state index in [4.69, 9.17) is 5.73 Å². The van der Waals surface area contributed by atoms with Gasteiger partial charge in [-0.2, -0.15) is 5.10 Å². The van der Waals surface area contributed by atoms with Gasteiger partial charge in [0.15, 0.2) is 10.7 Å². The van der Waals surface area contributed by atoms with Crippen molar-refractivity contribution in [1.82, 2.24) is 15.7 Å². The Bertz CT molecular complexity index is 449. The summed E-state index contributed by atoms with van der Waals surface area (Å²) in [5.74, 6) is -0.432. The molecule has 3 N–H and O–H groups in total. The first-order valence-corrected chi connectivity index (χ1v) is 4.09. The van der Waals surface area contributed by atoms with Crippen LogP contribution in [0.15, 0.2) is 14.8 Å². The minimum Gasteiger partial charge on any atom is -0.363 e. The van der Waals surface area contributed by atoms with Crippen molar-refractivity contribution in [3.8, 4) is 0 Å². The summed E-state index contributed by atoms with van der Waals surface area (Å²) >= 11 is 0. The van der Waals surface area contributed by atoms with Gasteiger partial charge < -0.3 is 5.73 Å². The van der Waals surface area contributed by atoms with Gasteiger partial charge in [-0.15, -0.1) is 0 Å². The maximum absolute atomic E-state index is 9.95. The molecule has 0 atom stereocenters. The molecule has 0 aliphatic carbocycles. The quantitative estimate of drug-likeness (QED) is 0.297. The van der Waals surface area contributed by atoms with Gasteiger partial charge >= 0.3 is 0 Å². The van der Waals surface area contributed by atoms with Crippen molar-refractivity contribution in [1.29, 1.82) is 0 Å². The Morgan fingerprint density at radius 3 is 2.81 bits per heavy atom. The fourth-order valence-corrected chi connectivity index (χ4v) is 0.864. The molecule has 1 rings (SSSR count). The zero-order chi connectivity index (χ0) is 12.1. The molecule has 16 heavy (non-hydrogen) atoms. The molecule has 10 nitrogen and oxygen atoms in total. The van der Waals surface area contributed by atoms with Crippen LogP contribution in [0.2, 0.25) is 0 Å². The minimum atomic E-state index is -0.934. The first kappa shape index (κ1) is 11.6. The molecule has 0 bridgehead atoms. The number of nitro groups is 1. The van der Waals surface area contributed by atoms with E-state index in [2.05, 4.69) is 30.6 Å². The highest BCUT2D eigenvalue weighted by atomic mass is 16.7. The number of nitrogens with one attached hydrogen (secondary N) is 1. The Morgan fingerprint density at radius 1 is 1.62 bits per heavy atom. The maximum atomic E-state index is 9.95. The standard InChI is InChI=1S/C6H9N7O3/c1-3(5-4(2)11-16-12-5)8-9-6(7)10-13(14)15/h1-2H3,(H3,7,9,10)/b8-3+. The number of nitrogens with zero attached hydrogens (tertiary/aromatic N) is 5. The Morgan fingerprint density at radius 2 is 2.31 bits per heavy atom. The van der Waals surface area contributed by atoms with E-state index in [1.54, 1.807) is 13.8 Å². The van der Waals surface area contributed by atoms with Crippen molar-refractivity contribution in [2.45, 2.75) is 13.8 Å². The topological polar surface area (TPSA) is 145 Å². The van der Waals surface area contributed by atoms with Gasteiger partial charge in [0.1, 0.15) is 10.8 Å². The smallest absolute Gasteiger partial charge is 0.286 e. The molecule has 0 aliphatic rings. The van der Waals surface area contributed by atoms with Gasteiger partial charge in [-0.25, -0.2) is 20.2 Å². The summed E-state index contributed by atoms with van der Waals surface area (Å²) in [6.45, 7) is 3.29. The number of rotatable bonds is 3. The van der Waals surface area contributed by atoms with Gasteiger partial charge in [0.05, 0.1) is 5.71 Å². The summed E-state index contributed by atoms with van der Waals surface area (Å²) in [4.78, 5) is 9.95. The summed E-state index contributed by atoms with van der Waals surface area (Å²) in [7, 11) is 0. The molecule has 0 unspecified atom stereocenters. The number of aromatic nitrogens is 2. The second-order valence-corrected chi connectivity index (χ2v) is 2.73. The van der Waals surface area contributed by atoms with Crippen molar-refractivity contribution >= 4 is 11.7 Å². The van der Waals surface area contributed by atoms with E-state index in [0.717, 1.165) is 0 Å². The van der Waals surface area contributed by atoms with Crippen LogP contribution in [0.1, 0.15) is 18.3 Å². The highest BCUT2D eigenvalue weighted by Crippen LogP contribution is 2.01. The second kappa shape index (κ2) is 4.82. The molecule has 1 aromatic rings. The molecule has 0 amide bonds. The molecule has 86 valence electrons. The molecular formula is C6H9N7O3. The lowest BCUT2D eigenvalue weighted by Crippen LogP contribution is -2.29. The highest BCUT2D eigenvalue weighted by Gasteiger charge is 2.08. The van der Waals surface area contributed by atoms with Gasteiger partial charge in [-0.3, -0.25) is 0 Å². The van der Waals surface area contributed by atoms with Crippen LogP contribution in [0.3, 0.4) is 0 Å². The molecule has 0 radical (unpaired) electrons. The van der Waals surface area contributed by atoms with Gasteiger partial charge in [0, 0.05) is 0 Å². The van der Waals surface area contributed by atoms with E-state index in [0.29, 0.717) is 17.1 Å². The van der Waals surface area contributed by atoms with Gasteiger partial charge in [-0.05, 0) is 19.0 Å². The average molecular weight is 227 g/mol. The lowest BCUT2D eigenvalue weighted by atomic mass is 10.2. The van der Waals surface area contributed by atoms with E-state index in [9.17, 15) is 10.1 Å². The number of hydrogen-bond donors (Lipinski definition) is 2. The maximum Gasteiger partial charge on any atom is 0.286 e. The third kappa shape index (κ3) is 3.01. The fraction of sp³-hybridized carbons (Fsp3) is 0.333. The summed E-state index contributed by atoms with van der Waals surface area (Å²) in [6.07, 6.45) is 0. The summed E-state index contributed by atoms with van der Waals surface area (Å²) in [6, 6.07) is 0. The van der Waals surface area contributed by atoms with Crippen molar-refractivity contribution in [3.05, 3.63) is 21.5 Å². The van der Waals surface area contributed by atoms with Crippen LogP contribution in [-0.2, 0) is 0 Å². The SMILES string of the molecule is C/C(=N\N/C(N)=N/[N+](=O)[O-])c1nonc1C. The molecular weight excluding hydrogens is 218 g/mol. The summed E-state index contributed by atoms with van der Waals surface area (Å²) in [5, 5.41) is 22.7. The Hall–Kier alpha value is -2.52. The lowest BCUT2D eigenvalue weighted by Gasteiger charge is -1.96. The molecule has 1 heterocycles. The van der Waals surface area contributed by atoms with Crippen molar-refractivity contribution < 1.29 is 9.66 Å². The van der Waals surface area contributed by atoms with E-state index in [-0.39, 0.29) is 0 Å². The summed E-state index contributed by atoms with van der Waals surface area (Å²) in [5.41, 5.74) is 8.74. The molecule has 0 saturated carbocycles. The number of nitrogens with two attached hydrogens (primary N) is 1. The van der Waals surface area contributed by atoms with Gasteiger partial charge in [0.2, 0.25) is 0 Å². The number of aryl methyl sites for hydroxylation is 1. The van der Waals surface area contributed by atoms with Gasteiger partial charge in [0.25, 0.3) is 5.96 Å². The molecule has 0 spiro atoms. The average Bonchev–Trinajstić information content (AvgIpc) is 2.60. The molecule has 1 aromatic heterocycles. The normalized spacial score (nSPS) is 12.6. The van der Waals surface area contributed by atoms with Crippen molar-refractivity contribution in [2.24, 2.45) is 15.9 Å². The molecule has 0 aromatic carbocycles. The largest absolute Gasteiger partial charge is 0.363 e. The van der Waals surface area contributed by atoms with E-state index >= 15 is 0 Å². The third-order valence-electron chi connectivity index (χ3n) is 1.52. The number of hydrazone groups is 2.